The largest absolute Gasteiger partial charge is 0.481 e. The maximum absolute atomic E-state index is 11.1. The van der Waals surface area contributed by atoms with E-state index in [4.69, 9.17) is 5.11 Å². The molecule has 0 saturated carbocycles. The Hall–Kier alpha value is -2.03. The van der Waals surface area contributed by atoms with Gasteiger partial charge in [-0.25, -0.2) is 0 Å². The second kappa shape index (κ2) is 5.16. The molecule has 1 N–H and O–H groups in total. The molecule has 0 aromatic heterocycles. The lowest BCUT2D eigenvalue weighted by atomic mass is 9.90. The Balaban J connectivity index is 2.46. The number of carboxylic acid groups (broad SMARTS) is 1. The van der Waals surface area contributed by atoms with Crippen LogP contribution in [-0.4, -0.2) is 23.2 Å². The number of aliphatic carboxylic acids is 1. The van der Waals surface area contributed by atoms with Crippen LogP contribution in [0, 0.1) is 0 Å². The number of hydrogen-bond donors (Lipinski definition) is 1. The zero-order chi connectivity index (χ0) is 14.9. The van der Waals surface area contributed by atoms with E-state index >= 15 is 0 Å². The van der Waals surface area contributed by atoms with E-state index in [1.54, 1.807) is 6.92 Å². The maximum Gasteiger partial charge on any atom is 0.310 e. The van der Waals surface area contributed by atoms with Crippen molar-refractivity contribution >= 4 is 17.7 Å². The summed E-state index contributed by atoms with van der Waals surface area (Å²) in [5.74, 6) is -1.29. The van der Waals surface area contributed by atoms with Crippen LogP contribution in [0.4, 0.5) is 5.69 Å². The van der Waals surface area contributed by atoms with E-state index in [0.717, 1.165) is 23.4 Å². The lowest BCUT2D eigenvalue weighted by Gasteiger charge is -2.41. The van der Waals surface area contributed by atoms with Crippen LogP contribution in [0.3, 0.4) is 0 Å². The zero-order valence-electron chi connectivity index (χ0n) is 12.3. The van der Waals surface area contributed by atoms with Crippen molar-refractivity contribution in [1.82, 2.24) is 0 Å². The molecule has 0 spiro atoms. The third-order valence-electron chi connectivity index (χ3n) is 3.89. The Kier molecular flexibility index (Phi) is 3.71. The van der Waals surface area contributed by atoms with Crippen molar-refractivity contribution in [1.29, 1.82) is 0 Å². The molecule has 20 heavy (non-hydrogen) atoms. The summed E-state index contributed by atoms with van der Waals surface area (Å²) in [6.07, 6.45) is 6.11. The van der Waals surface area contributed by atoms with Gasteiger partial charge in [-0.3, -0.25) is 4.79 Å². The first kappa shape index (κ1) is 14.4. The molecule has 0 saturated heterocycles. The van der Waals surface area contributed by atoms with Crippen LogP contribution in [0.2, 0.25) is 0 Å². The van der Waals surface area contributed by atoms with Crippen LogP contribution < -0.4 is 4.90 Å². The van der Waals surface area contributed by atoms with Crippen molar-refractivity contribution in [3.05, 3.63) is 48.1 Å². The molecule has 0 fully saturated rings. The minimum absolute atomic E-state index is 0.0683. The van der Waals surface area contributed by atoms with E-state index in [1.807, 2.05) is 24.3 Å². The van der Waals surface area contributed by atoms with E-state index in [0.29, 0.717) is 0 Å². The third-order valence-corrected chi connectivity index (χ3v) is 3.89. The van der Waals surface area contributed by atoms with Crippen molar-refractivity contribution in [2.24, 2.45) is 0 Å². The van der Waals surface area contributed by atoms with Gasteiger partial charge in [-0.15, -0.1) is 6.58 Å². The highest BCUT2D eigenvalue weighted by Crippen LogP contribution is 2.36. The van der Waals surface area contributed by atoms with Crippen molar-refractivity contribution in [2.45, 2.75) is 32.2 Å². The number of carboxylic acids is 1. The van der Waals surface area contributed by atoms with Crippen LogP contribution in [0.15, 0.2) is 36.9 Å². The molecule has 3 nitrogen and oxygen atoms in total. The van der Waals surface area contributed by atoms with Crippen LogP contribution in [0.1, 0.15) is 37.8 Å². The molecule has 1 unspecified atom stereocenters. The Labute approximate surface area is 120 Å². The molecule has 106 valence electrons. The lowest BCUT2D eigenvalue weighted by molar-refractivity contribution is -0.138. The van der Waals surface area contributed by atoms with E-state index in [-0.39, 0.29) is 5.54 Å². The summed E-state index contributed by atoms with van der Waals surface area (Å²) < 4.78 is 0. The Morgan fingerprint density at radius 3 is 2.80 bits per heavy atom. The third kappa shape index (κ3) is 2.48. The van der Waals surface area contributed by atoms with Crippen LogP contribution in [0.5, 0.6) is 0 Å². The van der Waals surface area contributed by atoms with Gasteiger partial charge >= 0.3 is 5.97 Å². The van der Waals surface area contributed by atoms with Gasteiger partial charge in [0.05, 0.1) is 11.5 Å². The summed E-state index contributed by atoms with van der Waals surface area (Å²) in [5, 5.41) is 9.12. The monoisotopic (exact) mass is 271 g/mol. The molecule has 3 heteroatoms. The minimum Gasteiger partial charge on any atom is -0.481 e. The van der Waals surface area contributed by atoms with E-state index in [1.165, 1.54) is 0 Å². The van der Waals surface area contributed by atoms with Crippen molar-refractivity contribution in [3.8, 4) is 0 Å². The fourth-order valence-corrected chi connectivity index (χ4v) is 2.52. The van der Waals surface area contributed by atoms with Gasteiger partial charge in [-0.2, -0.15) is 0 Å². The molecule has 1 aliphatic heterocycles. The number of benzene rings is 1. The van der Waals surface area contributed by atoms with E-state index in [9.17, 15) is 4.79 Å². The molecule has 2 rings (SSSR count). The standard InChI is InChI=1S/C17H21NO2/c1-5-10-18-15-7-6-13(12(2)16(19)20)11-14(15)8-9-17(18,3)4/h5-9,11-12H,1,10H2,2-4H3,(H,19,20). The topological polar surface area (TPSA) is 40.5 Å². The number of nitrogens with zero attached hydrogens (tertiary/aromatic N) is 1. The first-order valence-corrected chi connectivity index (χ1v) is 6.81. The molecule has 1 atom stereocenters. The first-order chi connectivity index (χ1) is 9.36. The summed E-state index contributed by atoms with van der Waals surface area (Å²) in [4.78, 5) is 13.4. The molecule has 0 aliphatic carbocycles. The summed E-state index contributed by atoms with van der Waals surface area (Å²) >= 11 is 0. The second-order valence-electron chi connectivity index (χ2n) is 5.76. The molecule has 0 bridgehead atoms. The average Bonchev–Trinajstić information content (AvgIpc) is 2.40. The summed E-state index contributed by atoms with van der Waals surface area (Å²) in [5.41, 5.74) is 2.95. The first-order valence-electron chi connectivity index (χ1n) is 6.81. The Morgan fingerprint density at radius 1 is 1.50 bits per heavy atom. The predicted molar refractivity (Wildman–Crippen MR) is 83.1 cm³/mol. The highest BCUT2D eigenvalue weighted by Gasteiger charge is 2.28. The number of anilines is 1. The van der Waals surface area contributed by atoms with Gasteiger partial charge in [0.2, 0.25) is 0 Å². The zero-order valence-corrected chi connectivity index (χ0v) is 12.3. The second-order valence-corrected chi connectivity index (χ2v) is 5.76. The molecule has 1 aliphatic rings. The number of carbonyl (C=O) groups is 1. The molecule has 1 aromatic rings. The summed E-state index contributed by atoms with van der Waals surface area (Å²) in [6.45, 7) is 10.6. The Morgan fingerprint density at radius 2 is 2.20 bits per heavy atom. The average molecular weight is 271 g/mol. The van der Waals surface area contributed by atoms with Gasteiger partial charge in [-0.1, -0.05) is 24.3 Å². The summed E-state index contributed by atoms with van der Waals surface area (Å²) in [6, 6.07) is 5.89. The fourth-order valence-electron chi connectivity index (χ4n) is 2.52. The van der Waals surface area contributed by atoms with Crippen molar-refractivity contribution in [3.63, 3.8) is 0 Å². The molecule has 0 radical (unpaired) electrons. The highest BCUT2D eigenvalue weighted by molar-refractivity contribution is 5.79. The SMILES string of the molecule is C=CCN1c2ccc(C(C)C(=O)O)cc2C=CC1(C)C. The smallest absolute Gasteiger partial charge is 0.310 e. The molecular formula is C17H21NO2. The maximum atomic E-state index is 11.1. The number of rotatable bonds is 4. The van der Waals surface area contributed by atoms with Gasteiger partial charge < -0.3 is 10.0 Å². The highest BCUT2D eigenvalue weighted by atomic mass is 16.4. The number of fused-ring (bicyclic) bond motifs is 1. The molecule has 0 amide bonds. The molecule has 1 heterocycles. The Bertz CT molecular complexity index is 572. The predicted octanol–water partition coefficient (Wildman–Crippen LogP) is 3.67. The van der Waals surface area contributed by atoms with Gasteiger partial charge in [0.1, 0.15) is 0 Å². The minimum atomic E-state index is -0.798. The number of hydrogen-bond acceptors (Lipinski definition) is 2. The normalized spacial score (nSPS) is 17.4. The van der Waals surface area contributed by atoms with Gasteiger partial charge in [0, 0.05) is 12.2 Å². The van der Waals surface area contributed by atoms with E-state index < -0.39 is 11.9 Å². The van der Waals surface area contributed by atoms with Crippen molar-refractivity contribution in [2.75, 3.05) is 11.4 Å². The van der Waals surface area contributed by atoms with Crippen LogP contribution in [-0.2, 0) is 4.79 Å². The molecular weight excluding hydrogens is 250 g/mol. The molecule has 1 aromatic carbocycles. The van der Waals surface area contributed by atoms with Gasteiger partial charge in [0.25, 0.3) is 0 Å². The van der Waals surface area contributed by atoms with Gasteiger partial charge in [0.15, 0.2) is 0 Å². The van der Waals surface area contributed by atoms with Gasteiger partial charge in [-0.05, 0) is 44.0 Å². The lowest BCUT2D eigenvalue weighted by Crippen LogP contribution is -2.44. The fraction of sp³-hybridized carbons (Fsp3) is 0.353. The summed E-state index contributed by atoms with van der Waals surface area (Å²) in [7, 11) is 0. The van der Waals surface area contributed by atoms with E-state index in [2.05, 4.69) is 37.5 Å². The quantitative estimate of drug-likeness (QED) is 0.849. The van der Waals surface area contributed by atoms with Crippen LogP contribution in [0.25, 0.3) is 6.08 Å². The van der Waals surface area contributed by atoms with Crippen LogP contribution >= 0.6 is 0 Å². The van der Waals surface area contributed by atoms with Crippen molar-refractivity contribution < 1.29 is 9.90 Å².